The monoisotopic (exact) mass is 491 g/mol. The van der Waals surface area contributed by atoms with Crippen molar-refractivity contribution in [1.29, 1.82) is 0 Å². The van der Waals surface area contributed by atoms with Crippen LogP contribution in [0.25, 0.3) is 11.3 Å². The molecule has 5 rings (SSSR count). The lowest BCUT2D eigenvalue weighted by atomic mass is 10.0. The number of benzene rings is 1. The largest absolute Gasteiger partial charge is 0.433 e. The van der Waals surface area contributed by atoms with Gasteiger partial charge in [0.15, 0.2) is 11.6 Å². The Morgan fingerprint density at radius 1 is 1.14 bits per heavy atom. The standard InChI is InChI=1S/C27H37N7O2/c1-18-6-5-9-33(18)23-13-20(19(2)32(3)4)12-21(14-23)25-16-29-26(28)27(31-25)36-24-15-30-34(17-24)22-7-10-35-11-8-22/h12-19,22H,5-11H2,1-4H3,(H2,28,29)/t18-,19?/m1/s1. The summed E-state index contributed by atoms with van der Waals surface area (Å²) in [6.07, 6.45) is 9.64. The van der Waals surface area contributed by atoms with Gasteiger partial charge in [-0.15, -0.1) is 0 Å². The number of nitrogens with two attached hydrogens (primary N) is 1. The number of rotatable bonds is 7. The number of hydrogen-bond donors (Lipinski definition) is 1. The van der Waals surface area contributed by atoms with Crippen molar-refractivity contribution >= 4 is 11.5 Å². The van der Waals surface area contributed by atoms with Gasteiger partial charge in [0.2, 0.25) is 0 Å². The molecule has 2 N–H and O–H groups in total. The lowest BCUT2D eigenvalue weighted by molar-refractivity contribution is 0.0662. The topological polar surface area (TPSA) is 94.6 Å². The zero-order valence-corrected chi connectivity index (χ0v) is 21.7. The first-order valence-corrected chi connectivity index (χ1v) is 12.9. The number of hydrogen-bond acceptors (Lipinski definition) is 8. The maximum Gasteiger partial charge on any atom is 0.263 e. The van der Waals surface area contributed by atoms with Crippen molar-refractivity contribution in [3.63, 3.8) is 0 Å². The van der Waals surface area contributed by atoms with E-state index in [-0.39, 0.29) is 11.9 Å². The van der Waals surface area contributed by atoms with Crippen molar-refractivity contribution in [3.8, 4) is 22.9 Å². The van der Waals surface area contributed by atoms with Crippen molar-refractivity contribution in [2.24, 2.45) is 0 Å². The van der Waals surface area contributed by atoms with E-state index < -0.39 is 0 Å². The van der Waals surface area contributed by atoms with E-state index >= 15 is 0 Å². The highest BCUT2D eigenvalue weighted by Crippen LogP contribution is 2.35. The molecule has 0 saturated carbocycles. The second-order valence-electron chi connectivity index (χ2n) is 10.2. The average molecular weight is 492 g/mol. The Balaban J connectivity index is 1.45. The summed E-state index contributed by atoms with van der Waals surface area (Å²) in [5.74, 6) is 1.14. The predicted molar refractivity (Wildman–Crippen MR) is 141 cm³/mol. The molecule has 36 heavy (non-hydrogen) atoms. The molecule has 0 radical (unpaired) electrons. The summed E-state index contributed by atoms with van der Waals surface area (Å²) in [5.41, 5.74) is 10.4. The summed E-state index contributed by atoms with van der Waals surface area (Å²) in [5, 5.41) is 4.49. The Labute approximate surface area is 213 Å². The molecule has 1 aromatic carbocycles. The van der Waals surface area contributed by atoms with Gasteiger partial charge < -0.3 is 25.0 Å². The van der Waals surface area contributed by atoms with Crippen LogP contribution in [-0.2, 0) is 4.74 Å². The third-order valence-electron chi connectivity index (χ3n) is 7.50. The molecule has 1 unspecified atom stereocenters. The van der Waals surface area contributed by atoms with Gasteiger partial charge in [0.1, 0.15) is 0 Å². The van der Waals surface area contributed by atoms with Crippen molar-refractivity contribution < 1.29 is 9.47 Å². The fourth-order valence-corrected chi connectivity index (χ4v) is 5.03. The Bertz CT molecular complexity index is 1190. The molecule has 0 bridgehead atoms. The van der Waals surface area contributed by atoms with Crippen LogP contribution >= 0.6 is 0 Å². The number of anilines is 2. The minimum atomic E-state index is 0.253. The molecule has 0 aliphatic carbocycles. The number of nitrogen functional groups attached to an aromatic ring is 1. The molecule has 2 fully saturated rings. The molecule has 0 spiro atoms. The van der Waals surface area contributed by atoms with Crippen LogP contribution in [0.5, 0.6) is 11.6 Å². The average Bonchev–Trinajstić information content (AvgIpc) is 3.54. The molecule has 3 aromatic rings. The first kappa shape index (κ1) is 24.5. The first-order valence-electron chi connectivity index (χ1n) is 12.9. The van der Waals surface area contributed by atoms with Gasteiger partial charge >= 0.3 is 0 Å². The Morgan fingerprint density at radius 2 is 1.94 bits per heavy atom. The summed E-state index contributed by atoms with van der Waals surface area (Å²) < 4.78 is 13.5. The number of nitrogens with zero attached hydrogens (tertiary/aromatic N) is 6. The summed E-state index contributed by atoms with van der Waals surface area (Å²) in [6.45, 7) is 7.09. The van der Waals surface area contributed by atoms with E-state index in [0.717, 1.165) is 43.9 Å². The summed E-state index contributed by atoms with van der Waals surface area (Å²) in [4.78, 5) is 13.9. The van der Waals surface area contributed by atoms with E-state index in [0.29, 0.717) is 23.7 Å². The van der Waals surface area contributed by atoms with Gasteiger partial charge in [-0.3, -0.25) is 4.68 Å². The van der Waals surface area contributed by atoms with Crippen molar-refractivity contribution in [3.05, 3.63) is 42.4 Å². The molecule has 2 atom stereocenters. The molecular formula is C27H37N7O2. The van der Waals surface area contributed by atoms with E-state index in [4.69, 9.17) is 20.2 Å². The Hall–Kier alpha value is -3.17. The SMILES string of the molecule is CC(c1cc(-c2cnc(N)c(Oc3cnn(C4CCOCC4)c3)n2)cc(N2CCC[C@H]2C)c1)N(C)C. The van der Waals surface area contributed by atoms with Gasteiger partial charge in [-0.2, -0.15) is 5.10 Å². The second kappa shape index (κ2) is 10.4. The van der Waals surface area contributed by atoms with Gasteiger partial charge in [0.05, 0.1) is 30.3 Å². The zero-order valence-electron chi connectivity index (χ0n) is 21.7. The second-order valence-corrected chi connectivity index (χ2v) is 10.2. The van der Waals surface area contributed by atoms with Crippen molar-refractivity contribution in [2.75, 3.05) is 44.5 Å². The van der Waals surface area contributed by atoms with E-state index in [1.165, 1.54) is 24.1 Å². The summed E-state index contributed by atoms with van der Waals surface area (Å²) in [7, 11) is 4.20. The maximum absolute atomic E-state index is 6.17. The minimum absolute atomic E-state index is 0.253. The molecule has 2 aromatic heterocycles. The maximum atomic E-state index is 6.17. The van der Waals surface area contributed by atoms with Crippen LogP contribution < -0.4 is 15.4 Å². The van der Waals surface area contributed by atoms with Gasteiger partial charge in [0.25, 0.3) is 5.88 Å². The third-order valence-corrected chi connectivity index (χ3v) is 7.50. The molecular weight excluding hydrogens is 454 g/mol. The van der Waals surface area contributed by atoms with Crippen LogP contribution in [0, 0.1) is 0 Å². The first-order chi connectivity index (χ1) is 17.4. The quantitative estimate of drug-likeness (QED) is 0.509. The fraction of sp³-hybridized carbons (Fsp3) is 0.519. The van der Waals surface area contributed by atoms with Crippen LogP contribution in [0.15, 0.2) is 36.8 Å². The number of ether oxygens (including phenoxy) is 2. The molecule has 9 heteroatoms. The molecule has 4 heterocycles. The minimum Gasteiger partial charge on any atom is -0.433 e. The van der Waals surface area contributed by atoms with E-state index in [1.54, 1.807) is 12.4 Å². The van der Waals surface area contributed by atoms with Gasteiger partial charge in [-0.25, -0.2) is 9.97 Å². The van der Waals surface area contributed by atoms with E-state index in [9.17, 15) is 0 Å². The lowest BCUT2D eigenvalue weighted by Gasteiger charge is -2.27. The molecule has 2 aliphatic rings. The fourth-order valence-electron chi connectivity index (χ4n) is 5.03. The Morgan fingerprint density at radius 3 is 2.67 bits per heavy atom. The van der Waals surface area contributed by atoms with E-state index in [2.05, 4.69) is 66.0 Å². The van der Waals surface area contributed by atoms with Gasteiger partial charge in [0, 0.05) is 43.1 Å². The summed E-state index contributed by atoms with van der Waals surface area (Å²) in [6, 6.07) is 7.81. The highest BCUT2D eigenvalue weighted by molar-refractivity contribution is 5.69. The van der Waals surface area contributed by atoms with Gasteiger partial charge in [-0.05, 0) is 77.4 Å². The van der Waals surface area contributed by atoms with Crippen molar-refractivity contribution in [1.82, 2.24) is 24.6 Å². The van der Waals surface area contributed by atoms with Gasteiger partial charge in [-0.1, -0.05) is 0 Å². The zero-order chi connectivity index (χ0) is 25.2. The van der Waals surface area contributed by atoms with Crippen LogP contribution in [0.1, 0.15) is 57.2 Å². The number of aromatic nitrogens is 4. The normalized spacial score (nSPS) is 19.7. The predicted octanol–water partition coefficient (Wildman–Crippen LogP) is 4.68. The lowest BCUT2D eigenvalue weighted by Crippen LogP contribution is -2.26. The highest BCUT2D eigenvalue weighted by atomic mass is 16.5. The molecule has 192 valence electrons. The van der Waals surface area contributed by atoms with Crippen LogP contribution in [0.4, 0.5) is 11.5 Å². The third kappa shape index (κ3) is 5.17. The molecule has 0 amide bonds. The molecule has 2 aliphatic heterocycles. The molecule has 9 nitrogen and oxygen atoms in total. The van der Waals surface area contributed by atoms with Crippen LogP contribution in [-0.4, -0.2) is 64.5 Å². The molecule has 2 saturated heterocycles. The van der Waals surface area contributed by atoms with Crippen molar-refractivity contribution in [2.45, 2.75) is 57.7 Å². The van der Waals surface area contributed by atoms with Crippen LogP contribution in [0.2, 0.25) is 0 Å². The van der Waals surface area contributed by atoms with E-state index in [1.807, 2.05) is 10.9 Å². The highest BCUT2D eigenvalue weighted by Gasteiger charge is 2.23. The Kier molecular flexibility index (Phi) is 7.11. The van der Waals surface area contributed by atoms with Crippen LogP contribution in [0.3, 0.4) is 0 Å². The summed E-state index contributed by atoms with van der Waals surface area (Å²) >= 11 is 0. The smallest absolute Gasteiger partial charge is 0.263 e.